The summed E-state index contributed by atoms with van der Waals surface area (Å²) in [6.45, 7) is 5.23. The molecule has 0 bridgehead atoms. The molecule has 106 valence electrons. The van der Waals surface area contributed by atoms with Gasteiger partial charge in [0.2, 0.25) is 0 Å². The van der Waals surface area contributed by atoms with Crippen molar-refractivity contribution in [2.45, 2.75) is 26.4 Å². The molecule has 0 aliphatic heterocycles. The Balaban J connectivity index is 2.01. The molecule has 0 saturated carbocycles. The van der Waals surface area contributed by atoms with Gasteiger partial charge in [-0.25, -0.2) is 10.2 Å². The predicted molar refractivity (Wildman–Crippen MR) is 75.1 cm³/mol. The number of H-pyrrole nitrogens is 1. The fourth-order valence-electron chi connectivity index (χ4n) is 1.74. The predicted octanol–water partition coefficient (Wildman–Crippen LogP) is 2.34. The van der Waals surface area contributed by atoms with Crippen molar-refractivity contribution in [2.24, 2.45) is 0 Å². The monoisotopic (exact) mass is 275 g/mol. The highest BCUT2D eigenvalue weighted by Crippen LogP contribution is 2.17. The maximum atomic E-state index is 12.0. The first-order valence-corrected chi connectivity index (χ1v) is 6.22. The Morgan fingerprint density at radius 3 is 2.55 bits per heavy atom. The Morgan fingerprint density at radius 1 is 1.15 bits per heavy atom. The lowest BCUT2D eigenvalue weighted by Crippen LogP contribution is -2.44. The van der Waals surface area contributed by atoms with Crippen molar-refractivity contribution in [3.63, 3.8) is 0 Å². The summed E-state index contributed by atoms with van der Waals surface area (Å²) < 4.78 is 5.02. The van der Waals surface area contributed by atoms with E-state index in [4.69, 9.17) is 4.74 Å². The van der Waals surface area contributed by atoms with Gasteiger partial charge in [0, 0.05) is 17.1 Å². The fourth-order valence-corrected chi connectivity index (χ4v) is 1.74. The molecule has 2 rings (SSSR count). The number of para-hydroxylation sites is 1. The van der Waals surface area contributed by atoms with Gasteiger partial charge in [0.05, 0.1) is 5.56 Å². The molecule has 3 N–H and O–H groups in total. The van der Waals surface area contributed by atoms with E-state index in [9.17, 15) is 9.59 Å². The summed E-state index contributed by atoms with van der Waals surface area (Å²) in [5.41, 5.74) is 5.23. The summed E-state index contributed by atoms with van der Waals surface area (Å²) in [6, 6.07) is 7.41. The van der Waals surface area contributed by atoms with Gasteiger partial charge in [-0.15, -0.1) is 0 Å². The van der Waals surface area contributed by atoms with Crippen LogP contribution in [-0.2, 0) is 4.74 Å². The number of aromatic nitrogens is 1. The van der Waals surface area contributed by atoms with Gasteiger partial charge in [0.1, 0.15) is 5.60 Å². The number of rotatable bonds is 1. The van der Waals surface area contributed by atoms with Crippen LogP contribution in [-0.4, -0.2) is 22.6 Å². The molecule has 2 amide bonds. The Labute approximate surface area is 116 Å². The highest BCUT2D eigenvalue weighted by Gasteiger charge is 2.17. The second-order valence-electron chi connectivity index (χ2n) is 5.33. The van der Waals surface area contributed by atoms with Gasteiger partial charge < -0.3 is 9.72 Å². The van der Waals surface area contributed by atoms with Gasteiger partial charge in [-0.2, -0.15) is 0 Å². The van der Waals surface area contributed by atoms with Crippen LogP contribution in [0.5, 0.6) is 0 Å². The number of amides is 2. The van der Waals surface area contributed by atoms with E-state index in [1.54, 1.807) is 27.0 Å². The van der Waals surface area contributed by atoms with Crippen molar-refractivity contribution in [3.05, 3.63) is 36.0 Å². The number of carbonyl (C=O) groups is 2. The normalized spacial score (nSPS) is 11.2. The Bertz CT molecular complexity index is 640. The lowest BCUT2D eigenvalue weighted by atomic mass is 10.2. The molecule has 0 spiro atoms. The van der Waals surface area contributed by atoms with Crippen LogP contribution in [0.3, 0.4) is 0 Å². The number of ether oxygens (including phenoxy) is 1. The molecule has 20 heavy (non-hydrogen) atoms. The molecular formula is C14H17N3O3. The number of hydrogen-bond acceptors (Lipinski definition) is 3. The average Bonchev–Trinajstić information content (AvgIpc) is 2.78. The molecule has 0 fully saturated rings. The number of benzene rings is 1. The molecule has 1 aromatic carbocycles. The van der Waals surface area contributed by atoms with Gasteiger partial charge in [-0.3, -0.25) is 10.2 Å². The van der Waals surface area contributed by atoms with Crippen LogP contribution in [0.25, 0.3) is 10.9 Å². The molecule has 0 radical (unpaired) electrons. The van der Waals surface area contributed by atoms with Crippen LogP contribution in [0.4, 0.5) is 4.79 Å². The zero-order valence-corrected chi connectivity index (χ0v) is 11.6. The topological polar surface area (TPSA) is 83.2 Å². The molecule has 0 atom stereocenters. The van der Waals surface area contributed by atoms with Gasteiger partial charge >= 0.3 is 6.09 Å². The summed E-state index contributed by atoms with van der Waals surface area (Å²) in [4.78, 5) is 26.4. The molecule has 2 aromatic rings. The van der Waals surface area contributed by atoms with Crippen LogP contribution < -0.4 is 10.9 Å². The summed E-state index contributed by atoms with van der Waals surface area (Å²) in [5, 5.41) is 0.788. The van der Waals surface area contributed by atoms with E-state index in [-0.39, 0.29) is 0 Å². The minimum Gasteiger partial charge on any atom is -0.443 e. The van der Waals surface area contributed by atoms with E-state index in [0.717, 1.165) is 10.9 Å². The molecule has 1 aromatic heterocycles. The molecule has 1 heterocycles. The second-order valence-corrected chi connectivity index (χ2v) is 5.33. The standard InChI is InChI=1S/C14H17N3O3/c1-14(2,3)20-13(19)17-16-12(18)10-8-15-11-7-5-4-6-9(10)11/h4-8,15H,1-3H3,(H,16,18)(H,17,19). The first-order chi connectivity index (χ1) is 9.37. The van der Waals surface area contributed by atoms with Crippen molar-refractivity contribution in [1.29, 1.82) is 0 Å². The molecule has 0 saturated heterocycles. The third-order valence-corrected chi connectivity index (χ3v) is 2.51. The fraction of sp³-hybridized carbons (Fsp3) is 0.286. The van der Waals surface area contributed by atoms with Crippen molar-refractivity contribution in [2.75, 3.05) is 0 Å². The maximum Gasteiger partial charge on any atom is 0.426 e. The summed E-state index contributed by atoms with van der Waals surface area (Å²) >= 11 is 0. The Kier molecular flexibility index (Phi) is 3.65. The van der Waals surface area contributed by atoms with E-state index < -0.39 is 17.6 Å². The van der Waals surface area contributed by atoms with E-state index in [1.165, 1.54) is 0 Å². The van der Waals surface area contributed by atoms with Crippen molar-refractivity contribution in [3.8, 4) is 0 Å². The Hall–Kier alpha value is -2.50. The minimum atomic E-state index is -0.703. The highest BCUT2D eigenvalue weighted by molar-refractivity contribution is 6.06. The van der Waals surface area contributed by atoms with Crippen LogP contribution in [0.2, 0.25) is 0 Å². The van der Waals surface area contributed by atoms with Gasteiger partial charge in [-0.1, -0.05) is 18.2 Å². The lowest BCUT2D eigenvalue weighted by molar-refractivity contribution is 0.0483. The molecule has 0 aliphatic rings. The minimum absolute atomic E-state index is 0.409. The Morgan fingerprint density at radius 2 is 1.85 bits per heavy atom. The first-order valence-electron chi connectivity index (χ1n) is 6.22. The molecule has 6 heteroatoms. The number of fused-ring (bicyclic) bond motifs is 1. The largest absolute Gasteiger partial charge is 0.443 e. The van der Waals surface area contributed by atoms with Gasteiger partial charge in [0.15, 0.2) is 0 Å². The van der Waals surface area contributed by atoms with Crippen LogP contribution in [0.1, 0.15) is 31.1 Å². The second kappa shape index (κ2) is 5.24. The van der Waals surface area contributed by atoms with Crippen molar-refractivity contribution >= 4 is 22.9 Å². The third-order valence-electron chi connectivity index (χ3n) is 2.51. The number of carbonyl (C=O) groups excluding carboxylic acids is 2. The maximum absolute atomic E-state index is 12.0. The van der Waals surface area contributed by atoms with Crippen molar-refractivity contribution < 1.29 is 14.3 Å². The number of aromatic amines is 1. The number of hydrazine groups is 1. The van der Waals surface area contributed by atoms with E-state index >= 15 is 0 Å². The van der Waals surface area contributed by atoms with Crippen LogP contribution in [0, 0.1) is 0 Å². The zero-order chi connectivity index (χ0) is 14.8. The van der Waals surface area contributed by atoms with Crippen molar-refractivity contribution in [1.82, 2.24) is 15.8 Å². The first kappa shape index (κ1) is 13.9. The number of hydrogen-bond donors (Lipinski definition) is 3. The van der Waals surface area contributed by atoms with E-state index in [2.05, 4.69) is 15.8 Å². The van der Waals surface area contributed by atoms with E-state index in [0.29, 0.717) is 5.56 Å². The van der Waals surface area contributed by atoms with E-state index in [1.807, 2.05) is 24.3 Å². The molecule has 0 aliphatic carbocycles. The zero-order valence-electron chi connectivity index (χ0n) is 11.6. The quantitative estimate of drug-likeness (QED) is 0.698. The smallest absolute Gasteiger partial charge is 0.426 e. The molecular weight excluding hydrogens is 258 g/mol. The number of nitrogens with one attached hydrogen (secondary N) is 3. The third kappa shape index (κ3) is 3.28. The highest BCUT2D eigenvalue weighted by atomic mass is 16.6. The van der Waals surface area contributed by atoms with Gasteiger partial charge in [-0.05, 0) is 26.8 Å². The molecule has 6 nitrogen and oxygen atoms in total. The summed E-state index contributed by atoms with van der Waals surface area (Å²) in [6.07, 6.45) is 0.891. The SMILES string of the molecule is CC(C)(C)OC(=O)NNC(=O)c1c[nH]c2ccccc12. The summed E-state index contributed by atoms with van der Waals surface area (Å²) in [5.74, 6) is -0.409. The average molecular weight is 275 g/mol. The molecule has 0 unspecified atom stereocenters. The summed E-state index contributed by atoms with van der Waals surface area (Å²) in [7, 11) is 0. The van der Waals surface area contributed by atoms with Gasteiger partial charge in [0.25, 0.3) is 5.91 Å². The van der Waals surface area contributed by atoms with Crippen LogP contribution in [0.15, 0.2) is 30.5 Å². The van der Waals surface area contributed by atoms with Crippen LogP contribution >= 0.6 is 0 Å². The lowest BCUT2D eigenvalue weighted by Gasteiger charge is -2.19.